The van der Waals surface area contributed by atoms with Gasteiger partial charge in [-0.2, -0.15) is 0 Å². The van der Waals surface area contributed by atoms with Crippen LogP contribution >= 0.6 is 11.3 Å². The van der Waals surface area contributed by atoms with Crippen molar-refractivity contribution in [1.29, 1.82) is 0 Å². The maximum absolute atomic E-state index is 12.7. The Hall–Kier alpha value is -0.960. The SMILES string of the molecule is O=C(NCC1CNC1)c1sccc1S(=O)(=O)NC1CCCCCC1. The summed E-state index contributed by atoms with van der Waals surface area (Å²) in [5.41, 5.74) is 0. The molecule has 3 N–H and O–H groups in total. The number of thiophene rings is 1. The van der Waals surface area contributed by atoms with Crippen LogP contribution in [0.2, 0.25) is 0 Å². The Morgan fingerprint density at radius 1 is 1.21 bits per heavy atom. The summed E-state index contributed by atoms with van der Waals surface area (Å²) < 4.78 is 28.2. The van der Waals surface area contributed by atoms with Crippen molar-refractivity contribution in [2.75, 3.05) is 19.6 Å². The predicted molar refractivity (Wildman–Crippen MR) is 94.8 cm³/mol. The van der Waals surface area contributed by atoms with Gasteiger partial charge < -0.3 is 10.6 Å². The molecule has 0 aromatic carbocycles. The first-order valence-corrected chi connectivity index (χ1v) is 11.0. The summed E-state index contributed by atoms with van der Waals surface area (Å²) in [5.74, 6) is 0.149. The van der Waals surface area contributed by atoms with E-state index in [4.69, 9.17) is 0 Å². The van der Waals surface area contributed by atoms with Crippen LogP contribution in [0.25, 0.3) is 0 Å². The third-order valence-electron chi connectivity index (χ3n) is 4.72. The molecule has 0 unspecified atom stereocenters. The van der Waals surface area contributed by atoms with Gasteiger partial charge in [-0.05, 0) is 24.3 Å². The van der Waals surface area contributed by atoms with Gasteiger partial charge in [-0.15, -0.1) is 11.3 Å². The van der Waals surface area contributed by atoms with Crippen LogP contribution in [0.1, 0.15) is 48.2 Å². The molecule has 6 nitrogen and oxygen atoms in total. The highest BCUT2D eigenvalue weighted by Gasteiger charge is 2.27. The molecule has 1 amide bonds. The van der Waals surface area contributed by atoms with Crippen molar-refractivity contribution in [2.45, 2.75) is 49.5 Å². The summed E-state index contributed by atoms with van der Waals surface area (Å²) in [6.07, 6.45) is 6.19. The Morgan fingerprint density at radius 3 is 2.54 bits per heavy atom. The molecule has 1 saturated heterocycles. The quantitative estimate of drug-likeness (QED) is 0.664. The summed E-state index contributed by atoms with van der Waals surface area (Å²) in [5, 5.41) is 7.67. The fourth-order valence-corrected chi connectivity index (χ4v) is 5.81. The molecular weight excluding hydrogens is 346 g/mol. The summed E-state index contributed by atoms with van der Waals surface area (Å²) in [6, 6.07) is 1.51. The lowest BCUT2D eigenvalue weighted by atomic mass is 10.0. The third-order valence-corrected chi connectivity index (χ3v) is 7.32. The van der Waals surface area contributed by atoms with E-state index in [-0.39, 0.29) is 21.7 Å². The Bertz CT molecular complexity index is 660. The lowest BCUT2D eigenvalue weighted by Gasteiger charge is -2.27. The number of rotatable bonds is 6. The molecule has 24 heavy (non-hydrogen) atoms. The fourth-order valence-electron chi connectivity index (χ4n) is 3.16. The van der Waals surface area contributed by atoms with Gasteiger partial charge in [0, 0.05) is 31.6 Å². The van der Waals surface area contributed by atoms with Gasteiger partial charge in [-0.25, -0.2) is 13.1 Å². The lowest BCUT2D eigenvalue weighted by Crippen LogP contribution is -2.48. The summed E-state index contributed by atoms with van der Waals surface area (Å²) in [7, 11) is -3.65. The smallest absolute Gasteiger partial charge is 0.262 e. The van der Waals surface area contributed by atoms with E-state index in [1.54, 1.807) is 5.38 Å². The first-order chi connectivity index (χ1) is 11.6. The van der Waals surface area contributed by atoms with Crippen LogP contribution in [0.4, 0.5) is 0 Å². The molecule has 1 aliphatic heterocycles. The minimum absolute atomic E-state index is 0.0191. The van der Waals surface area contributed by atoms with Crippen LogP contribution in [0.3, 0.4) is 0 Å². The Balaban J connectivity index is 1.66. The Kier molecular flexibility index (Phi) is 5.91. The molecule has 1 aromatic heterocycles. The average molecular weight is 372 g/mol. The maximum atomic E-state index is 12.7. The highest BCUT2D eigenvalue weighted by molar-refractivity contribution is 7.89. The number of nitrogens with one attached hydrogen (secondary N) is 3. The number of amides is 1. The highest BCUT2D eigenvalue weighted by atomic mass is 32.2. The van der Waals surface area contributed by atoms with E-state index < -0.39 is 10.0 Å². The molecule has 8 heteroatoms. The molecule has 1 aliphatic carbocycles. The molecule has 0 spiro atoms. The van der Waals surface area contributed by atoms with E-state index in [1.165, 1.54) is 30.2 Å². The van der Waals surface area contributed by atoms with E-state index in [0.29, 0.717) is 12.5 Å². The van der Waals surface area contributed by atoms with Crippen molar-refractivity contribution in [3.05, 3.63) is 16.3 Å². The predicted octanol–water partition coefficient (Wildman–Crippen LogP) is 1.70. The number of carbonyl (C=O) groups is 1. The second-order valence-corrected chi connectivity index (χ2v) is 9.26. The molecule has 0 radical (unpaired) electrons. The Morgan fingerprint density at radius 2 is 1.92 bits per heavy atom. The van der Waals surface area contributed by atoms with Crippen molar-refractivity contribution in [3.63, 3.8) is 0 Å². The van der Waals surface area contributed by atoms with Crippen LogP contribution in [0.15, 0.2) is 16.3 Å². The van der Waals surface area contributed by atoms with Crippen LogP contribution in [0, 0.1) is 5.92 Å². The monoisotopic (exact) mass is 371 g/mol. The summed E-state index contributed by atoms with van der Waals surface area (Å²) >= 11 is 1.18. The maximum Gasteiger partial charge on any atom is 0.262 e. The molecule has 2 aliphatic rings. The van der Waals surface area contributed by atoms with Gasteiger partial charge in [0.2, 0.25) is 10.0 Å². The van der Waals surface area contributed by atoms with Gasteiger partial charge >= 0.3 is 0 Å². The van der Waals surface area contributed by atoms with Crippen LogP contribution < -0.4 is 15.4 Å². The molecule has 2 heterocycles. The summed E-state index contributed by atoms with van der Waals surface area (Å²) in [6.45, 7) is 2.39. The van der Waals surface area contributed by atoms with E-state index in [1.807, 2.05) is 0 Å². The number of hydrogen-bond acceptors (Lipinski definition) is 5. The van der Waals surface area contributed by atoms with Crippen molar-refractivity contribution in [1.82, 2.24) is 15.4 Å². The second kappa shape index (κ2) is 7.95. The van der Waals surface area contributed by atoms with Crippen molar-refractivity contribution >= 4 is 27.3 Å². The van der Waals surface area contributed by atoms with Crippen LogP contribution in [-0.4, -0.2) is 40.0 Å². The van der Waals surface area contributed by atoms with E-state index >= 15 is 0 Å². The van der Waals surface area contributed by atoms with E-state index in [0.717, 1.165) is 38.8 Å². The molecular formula is C16H25N3O3S2. The zero-order chi connectivity index (χ0) is 17.0. The van der Waals surface area contributed by atoms with Crippen molar-refractivity contribution in [3.8, 4) is 0 Å². The second-order valence-electron chi connectivity index (χ2n) is 6.66. The summed E-state index contributed by atoms with van der Waals surface area (Å²) in [4.78, 5) is 12.7. The lowest BCUT2D eigenvalue weighted by molar-refractivity contribution is 0.0943. The first kappa shape index (κ1) is 17.8. The van der Waals surface area contributed by atoms with Gasteiger partial charge in [0.05, 0.1) is 0 Å². The fraction of sp³-hybridized carbons (Fsp3) is 0.688. The minimum atomic E-state index is -3.65. The van der Waals surface area contributed by atoms with Crippen LogP contribution in [0.5, 0.6) is 0 Å². The molecule has 0 bridgehead atoms. The van der Waals surface area contributed by atoms with Gasteiger partial charge in [-0.3, -0.25) is 4.79 Å². The number of sulfonamides is 1. The minimum Gasteiger partial charge on any atom is -0.351 e. The van der Waals surface area contributed by atoms with Gasteiger partial charge in [-0.1, -0.05) is 25.7 Å². The van der Waals surface area contributed by atoms with E-state index in [9.17, 15) is 13.2 Å². The molecule has 1 saturated carbocycles. The largest absolute Gasteiger partial charge is 0.351 e. The van der Waals surface area contributed by atoms with E-state index in [2.05, 4.69) is 15.4 Å². The average Bonchev–Trinajstić information content (AvgIpc) is 2.87. The molecule has 134 valence electrons. The molecule has 0 atom stereocenters. The van der Waals surface area contributed by atoms with Gasteiger partial charge in [0.25, 0.3) is 5.91 Å². The molecule has 3 rings (SSSR count). The first-order valence-electron chi connectivity index (χ1n) is 8.65. The number of hydrogen-bond donors (Lipinski definition) is 3. The highest BCUT2D eigenvalue weighted by Crippen LogP contribution is 2.24. The number of carbonyl (C=O) groups excluding carboxylic acids is 1. The van der Waals surface area contributed by atoms with Crippen molar-refractivity contribution < 1.29 is 13.2 Å². The van der Waals surface area contributed by atoms with Crippen LogP contribution in [-0.2, 0) is 10.0 Å². The van der Waals surface area contributed by atoms with Gasteiger partial charge in [0.1, 0.15) is 9.77 Å². The third kappa shape index (κ3) is 4.36. The standard InChI is InChI=1S/C16H25N3O3S2/c20-16(18-11-12-9-17-10-12)15-14(7-8-23-15)24(21,22)19-13-5-3-1-2-4-6-13/h7-8,12-13,17,19H,1-6,9-11H2,(H,18,20). The zero-order valence-corrected chi connectivity index (χ0v) is 15.3. The van der Waals surface area contributed by atoms with Crippen molar-refractivity contribution in [2.24, 2.45) is 5.92 Å². The Labute approximate surface area is 147 Å². The molecule has 1 aromatic rings. The normalized spacial score (nSPS) is 20.3. The molecule has 2 fully saturated rings. The van der Waals surface area contributed by atoms with Gasteiger partial charge in [0.15, 0.2) is 0 Å². The zero-order valence-electron chi connectivity index (χ0n) is 13.7. The topological polar surface area (TPSA) is 87.3 Å².